The van der Waals surface area contributed by atoms with Crippen LogP contribution in [0.15, 0.2) is 40.4 Å². The van der Waals surface area contributed by atoms with Crippen LogP contribution in [-0.2, 0) is 0 Å². The van der Waals surface area contributed by atoms with Gasteiger partial charge in [0.2, 0.25) is 0 Å². The molecule has 4 nitrogen and oxygen atoms in total. The Hall–Kier alpha value is -2.08. The highest BCUT2D eigenvalue weighted by Gasteiger charge is 2.20. The van der Waals surface area contributed by atoms with Gasteiger partial charge >= 0.3 is 0 Å². The molecule has 0 spiro atoms. The van der Waals surface area contributed by atoms with Crippen LogP contribution in [-0.4, -0.2) is 27.7 Å². The Morgan fingerprint density at radius 1 is 1.35 bits per heavy atom. The molecule has 23 heavy (non-hydrogen) atoms. The van der Waals surface area contributed by atoms with Crippen molar-refractivity contribution in [3.05, 3.63) is 53.1 Å². The lowest BCUT2D eigenvalue weighted by molar-refractivity contribution is 0.616. The Kier molecular flexibility index (Phi) is 4.52. The van der Waals surface area contributed by atoms with Crippen LogP contribution in [0.4, 0.5) is 4.39 Å². The van der Waals surface area contributed by atoms with Gasteiger partial charge in [0.05, 0.1) is 11.4 Å². The highest BCUT2D eigenvalue weighted by molar-refractivity contribution is 8.14. The maximum absolute atomic E-state index is 14.1. The van der Waals surface area contributed by atoms with E-state index < -0.39 is 0 Å². The van der Waals surface area contributed by atoms with Gasteiger partial charge in [-0.3, -0.25) is 10.4 Å². The highest BCUT2D eigenvalue weighted by atomic mass is 32.2. The van der Waals surface area contributed by atoms with Crippen LogP contribution in [0.5, 0.6) is 0 Å². The third-order valence-corrected chi connectivity index (χ3v) is 4.68. The fourth-order valence-corrected chi connectivity index (χ4v) is 3.56. The maximum Gasteiger partial charge on any atom is 0.177 e. The van der Waals surface area contributed by atoms with E-state index in [9.17, 15) is 4.39 Å². The van der Waals surface area contributed by atoms with Crippen molar-refractivity contribution in [1.82, 2.24) is 9.99 Å². The molecule has 1 aliphatic heterocycles. The molecule has 2 aromatic rings. The molecule has 2 heterocycles. The predicted octanol–water partition coefficient (Wildman–Crippen LogP) is 3.65. The SMILES string of the molecule is CCN=C1NN=C(c2cc(C)n(-c3ccccc3F)c2C)CS1. The monoisotopic (exact) mass is 330 g/mol. The fourth-order valence-electron chi connectivity index (χ4n) is 2.74. The molecule has 0 saturated heterocycles. The number of hydrogen-bond donors (Lipinski definition) is 1. The summed E-state index contributed by atoms with van der Waals surface area (Å²) in [7, 11) is 0. The van der Waals surface area contributed by atoms with Gasteiger partial charge in [0, 0.05) is 29.2 Å². The molecule has 0 fully saturated rings. The van der Waals surface area contributed by atoms with Crippen LogP contribution in [0, 0.1) is 19.7 Å². The average molecular weight is 330 g/mol. The van der Waals surface area contributed by atoms with E-state index in [4.69, 9.17) is 0 Å². The molecule has 1 aliphatic rings. The van der Waals surface area contributed by atoms with Crippen LogP contribution in [0.2, 0.25) is 0 Å². The Labute approximate surface area is 139 Å². The van der Waals surface area contributed by atoms with Gasteiger partial charge in [-0.1, -0.05) is 23.9 Å². The number of amidine groups is 1. The second kappa shape index (κ2) is 6.58. The summed E-state index contributed by atoms with van der Waals surface area (Å²) < 4.78 is 16.1. The Morgan fingerprint density at radius 3 is 2.78 bits per heavy atom. The van der Waals surface area contributed by atoms with Crippen LogP contribution in [0.3, 0.4) is 0 Å². The quantitative estimate of drug-likeness (QED) is 0.933. The topological polar surface area (TPSA) is 41.7 Å². The largest absolute Gasteiger partial charge is 0.315 e. The molecule has 0 saturated carbocycles. The van der Waals surface area contributed by atoms with Crippen LogP contribution in [0.1, 0.15) is 23.9 Å². The first-order chi connectivity index (χ1) is 11.1. The van der Waals surface area contributed by atoms with Crippen molar-refractivity contribution in [3.63, 3.8) is 0 Å². The first kappa shape index (κ1) is 15.8. The van der Waals surface area contributed by atoms with E-state index in [0.717, 1.165) is 40.1 Å². The molecular formula is C17H19FN4S. The van der Waals surface area contributed by atoms with Crippen molar-refractivity contribution in [1.29, 1.82) is 0 Å². The van der Waals surface area contributed by atoms with Crippen LogP contribution >= 0.6 is 11.8 Å². The normalized spacial score (nSPS) is 16.3. The zero-order valence-corrected chi connectivity index (χ0v) is 14.2. The fraction of sp³-hybridized carbons (Fsp3) is 0.294. The molecule has 0 unspecified atom stereocenters. The van der Waals surface area contributed by atoms with E-state index in [0.29, 0.717) is 5.69 Å². The predicted molar refractivity (Wildman–Crippen MR) is 95.3 cm³/mol. The summed E-state index contributed by atoms with van der Waals surface area (Å²) in [5, 5.41) is 5.29. The van der Waals surface area contributed by atoms with Gasteiger partial charge in [0.1, 0.15) is 5.82 Å². The lowest BCUT2D eigenvalue weighted by atomic mass is 10.1. The summed E-state index contributed by atoms with van der Waals surface area (Å²) >= 11 is 1.64. The molecule has 120 valence electrons. The summed E-state index contributed by atoms with van der Waals surface area (Å²) in [6.45, 7) is 6.72. The molecule has 1 aromatic heterocycles. The highest BCUT2D eigenvalue weighted by Crippen LogP contribution is 2.25. The number of thioether (sulfide) groups is 1. The van der Waals surface area contributed by atoms with Crippen LogP contribution in [0.25, 0.3) is 5.69 Å². The van der Waals surface area contributed by atoms with Gasteiger partial charge in [0.15, 0.2) is 5.17 Å². The smallest absolute Gasteiger partial charge is 0.177 e. The number of aryl methyl sites for hydroxylation is 1. The Balaban J connectivity index is 2.00. The van der Waals surface area contributed by atoms with Gasteiger partial charge in [0.25, 0.3) is 0 Å². The number of hydrogen-bond acceptors (Lipinski definition) is 3. The van der Waals surface area contributed by atoms with Crippen molar-refractivity contribution in [2.45, 2.75) is 20.8 Å². The molecule has 3 rings (SSSR count). The Bertz CT molecular complexity index is 792. The maximum atomic E-state index is 14.1. The molecule has 6 heteroatoms. The van der Waals surface area contributed by atoms with Gasteiger partial charge in [-0.25, -0.2) is 4.39 Å². The molecular weight excluding hydrogens is 311 g/mol. The molecule has 0 aliphatic carbocycles. The van der Waals surface area contributed by atoms with Gasteiger partial charge < -0.3 is 4.57 Å². The number of rotatable bonds is 3. The molecule has 0 atom stereocenters. The number of aromatic nitrogens is 1. The number of halogens is 1. The Morgan fingerprint density at radius 2 is 2.13 bits per heavy atom. The van der Waals surface area contributed by atoms with E-state index in [1.165, 1.54) is 6.07 Å². The first-order valence-electron chi connectivity index (χ1n) is 7.56. The van der Waals surface area contributed by atoms with E-state index in [2.05, 4.69) is 21.6 Å². The molecule has 1 N–H and O–H groups in total. The first-order valence-corrected chi connectivity index (χ1v) is 8.54. The lowest BCUT2D eigenvalue weighted by Crippen LogP contribution is -2.25. The number of aliphatic imine (C=N–C) groups is 1. The summed E-state index contributed by atoms with van der Waals surface area (Å²) in [6, 6.07) is 8.89. The van der Waals surface area contributed by atoms with Crippen molar-refractivity contribution in [2.75, 3.05) is 12.3 Å². The third kappa shape index (κ3) is 3.03. The van der Waals surface area contributed by atoms with Gasteiger partial charge in [-0.15, -0.1) is 0 Å². The summed E-state index contributed by atoms with van der Waals surface area (Å²) in [5.41, 5.74) is 7.54. The van der Waals surface area contributed by atoms with Gasteiger partial charge in [-0.05, 0) is 39.0 Å². The second-order valence-corrected chi connectivity index (χ2v) is 6.27. The minimum Gasteiger partial charge on any atom is -0.315 e. The molecule has 0 bridgehead atoms. The molecule has 0 amide bonds. The molecule has 0 radical (unpaired) electrons. The minimum absolute atomic E-state index is 0.226. The number of nitrogens with zero attached hydrogens (tertiary/aromatic N) is 3. The van der Waals surface area contributed by atoms with E-state index in [1.54, 1.807) is 23.9 Å². The molecule has 1 aromatic carbocycles. The zero-order valence-electron chi connectivity index (χ0n) is 13.4. The third-order valence-electron chi connectivity index (χ3n) is 3.77. The van der Waals surface area contributed by atoms with E-state index >= 15 is 0 Å². The van der Waals surface area contributed by atoms with Crippen LogP contribution < -0.4 is 5.43 Å². The van der Waals surface area contributed by atoms with Crippen molar-refractivity contribution in [3.8, 4) is 5.69 Å². The second-order valence-electron chi connectivity index (χ2n) is 5.31. The van der Waals surface area contributed by atoms with Crippen molar-refractivity contribution < 1.29 is 4.39 Å². The number of para-hydroxylation sites is 1. The van der Waals surface area contributed by atoms with E-state index in [-0.39, 0.29) is 5.82 Å². The van der Waals surface area contributed by atoms with E-state index in [1.807, 2.05) is 31.4 Å². The number of hydrazone groups is 1. The zero-order chi connectivity index (χ0) is 16.4. The minimum atomic E-state index is -0.226. The summed E-state index contributed by atoms with van der Waals surface area (Å²) in [6.07, 6.45) is 0. The van der Waals surface area contributed by atoms with Gasteiger partial charge in [-0.2, -0.15) is 5.10 Å². The van der Waals surface area contributed by atoms with Crippen molar-refractivity contribution in [2.24, 2.45) is 10.1 Å². The number of nitrogens with one attached hydrogen (secondary N) is 1. The van der Waals surface area contributed by atoms with Crippen molar-refractivity contribution >= 4 is 22.6 Å². The average Bonchev–Trinajstić information content (AvgIpc) is 2.84. The summed E-state index contributed by atoms with van der Waals surface area (Å²) in [4.78, 5) is 4.32. The lowest BCUT2D eigenvalue weighted by Gasteiger charge is -2.15. The standard InChI is InChI=1S/C17H19FN4S/c1-4-19-17-21-20-15(10-23-17)13-9-11(2)22(12(13)3)16-8-6-5-7-14(16)18/h5-9H,4,10H2,1-3H3,(H,19,21). The summed E-state index contributed by atoms with van der Waals surface area (Å²) in [5.74, 6) is 0.532. The number of benzene rings is 1.